The molecule has 0 bridgehead atoms. The number of hydrogen-bond acceptors (Lipinski definition) is 4. The summed E-state index contributed by atoms with van der Waals surface area (Å²) in [5, 5.41) is 6.26. The average Bonchev–Trinajstić information content (AvgIpc) is 2.44. The number of benzene rings is 1. The molecule has 0 unspecified atom stereocenters. The Morgan fingerprint density at radius 2 is 2.20 bits per heavy atom. The summed E-state index contributed by atoms with van der Waals surface area (Å²) in [7, 11) is 0. The van der Waals surface area contributed by atoms with Crippen LogP contribution < -0.4 is 16.4 Å². The van der Waals surface area contributed by atoms with Crippen LogP contribution in [0.1, 0.15) is 23.2 Å². The summed E-state index contributed by atoms with van der Waals surface area (Å²) in [5.74, 6) is -1.38. The van der Waals surface area contributed by atoms with E-state index >= 15 is 0 Å². The van der Waals surface area contributed by atoms with E-state index in [2.05, 4.69) is 10.6 Å². The number of ether oxygens (including phenoxy) is 1. The van der Waals surface area contributed by atoms with Gasteiger partial charge in [-0.15, -0.1) is 0 Å². The number of piperidine rings is 1. The molecule has 4 N–H and O–H groups in total. The Kier molecular flexibility index (Phi) is 5.31. The highest BCUT2D eigenvalue weighted by Gasteiger charge is 2.14. The summed E-state index contributed by atoms with van der Waals surface area (Å²) >= 11 is 0. The van der Waals surface area contributed by atoms with Gasteiger partial charge in [0.15, 0.2) is 0 Å². The smallest absolute Gasteiger partial charge is 0.253 e. The normalized spacial score (nSPS) is 16.1. The fourth-order valence-electron chi connectivity index (χ4n) is 2.30. The van der Waals surface area contributed by atoms with Gasteiger partial charge in [-0.05, 0) is 38.1 Å². The zero-order valence-corrected chi connectivity index (χ0v) is 11.3. The fourth-order valence-corrected chi connectivity index (χ4v) is 2.30. The second kappa shape index (κ2) is 7.21. The van der Waals surface area contributed by atoms with Crippen LogP contribution in [0.15, 0.2) is 18.2 Å². The molecular weight excluding hydrogens is 261 g/mol. The second-order valence-corrected chi connectivity index (χ2v) is 4.77. The molecule has 5 nitrogen and oxygen atoms in total. The molecule has 0 spiro atoms. The number of amides is 1. The molecule has 0 atom stereocenters. The summed E-state index contributed by atoms with van der Waals surface area (Å²) in [6, 6.07) is 4.39. The number of rotatable bonds is 6. The molecule has 6 heteroatoms. The molecule has 0 radical (unpaired) electrons. The lowest BCUT2D eigenvalue weighted by Crippen LogP contribution is -2.33. The Balaban J connectivity index is 1.82. The summed E-state index contributed by atoms with van der Waals surface area (Å²) in [4.78, 5) is 11.2. The molecular formula is C14H20FN3O2. The van der Waals surface area contributed by atoms with Crippen molar-refractivity contribution in [2.45, 2.75) is 18.9 Å². The first-order chi connectivity index (χ1) is 9.68. The molecule has 1 fully saturated rings. The van der Waals surface area contributed by atoms with Gasteiger partial charge in [0.1, 0.15) is 5.82 Å². The molecule has 1 amide bonds. The van der Waals surface area contributed by atoms with E-state index < -0.39 is 11.7 Å². The van der Waals surface area contributed by atoms with Gasteiger partial charge in [0.25, 0.3) is 5.91 Å². The third kappa shape index (κ3) is 3.91. The minimum absolute atomic E-state index is 0.102. The number of carbonyl (C=O) groups excluding carboxylic acids is 1. The first kappa shape index (κ1) is 14.7. The van der Waals surface area contributed by atoms with Crippen LogP contribution >= 0.6 is 0 Å². The van der Waals surface area contributed by atoms with Crippen molar-refractivity contribution >= 4 is 11.6 Å². The molecule has 0 aliphatic carbocycles. The SMILES string of the molecule is NC(=O)c1c(F)cccc1NCCOC1CCNCC1. The third-order valence-corrected chi connectivity index (χ3v) is 3.32. The molecule has 20 heavy (non-hydrogen) atoms. The predicted molar refractivity (Wildman–Crippen MR) is 75.3 cm³/mol. The second-order valence-electron chi connectivity index (χ2n) is 4.77. The maximum atomic E-state index is 13.5. The maximum absolute atomic E-state index is 13.5. The number of anilines is 1. The van der Waals surface area contributed by atoms with E-state index in [4.69, 9.17) is 10.5 Å². The Morgan fingerprint density at radius 1 is 1.45 bits per heavy atom. The van der Waals surface area contributed by atoms with E-state index in [1.807, 2.05) is 0 Å². The summed E-state index contributed by atoms with van der Waals surface area (Å²) in [6.07, 6.45) is 2.29. The van der Waals surface area contributed by atoms with Gasteiger partial charge >= 0.3 is 0 Å². The van der Waals surface area contributed by atoms with Crippen LogP contribution in [0.5, 0.6) is 0 Å². The topological polar surface area (TPSA) is 76.4 Å². The Hall–Kier alpha value is -1.66. The van der Waals surface area contributed by atoms with Crippen molar-refractivity contribution in [1.29, 1.82) is 0 Å². The van der Waals surface area contributed by atoms with Gasteiger partial charge in [0.2, 0.25) is 0 Å². The Labute approximate surface area is 117 Å². The molecule has 110 valence electrons. The van der Waals surface area contributed by atoms with Crippen LogP contribution in [-0.4, -0.2) is 38.3 Å². The summed E-state index contributed by atoms with van der Waals surface area (Å²) < 4.78 is 19.2. The zero-order chi connectivity index (χ0) is 14.4. The van der Waals surface area contributed by atoms with Gasteiger partial charge in [0.05, 0.1) is 18.3 Å². The molecule has 1 aliphatic rings. The number of primary amides is 1. The van der Waals surface area contributed by atoms with E-state index in [1.54, 1.807) is 6.07 Å². The largest absolute Gasteiger partial charge is 0.382 e. The molecule has 1 heterocycles. The summed E-state index contributed by atoms with van der Waals surface area (Å²) in [6.45, 7) is 2.98. The fraction of sp³-hybridized carbons (Fsp3) is 0.500. The zero-order valence-electron chi connectivity index (χ0n) is 11.3. The molecule has 1 aromatic rings. The average molecular weight is 281 g/mol. The molecule has 1 saturated heterocycles. The molecule has 0 saturated carbocycles. The van der Waals surface area contributed by atoms with Gasteiger partial charge in [-0.3, -0.25) is 4.79 Å². The highest BCUT2D eigenvalue weighted by atomic mass is 19.1. The highest BCUT2D eigenvalue weighted by molar-refractivity contribution is 5.98. The van der Waals surface area contributed by atoms with Crippen LogP contribution in [0.25, 0.3) is 0 Å². The van der Waals surface area contributed by atoms with Crippen LogP contribution in [0.2, 0.25) is 0 Å². The van der Waals surface area contributed by atoms with E-state index in [9.17, 15) is 9.18 Å². The van der Waals surface area contributed by atoms with E-state index in [0.717, 1.165) is 25.9 Å². The molecule has 1 aliphatic heterocycles. The van der Waals surface area contributed by atoms with Gasteiger partial charge < -0.3 is 21.1 Å². The number of nitrogens with one attached hydrogen (secondary N) is 2. The monoisotopic (exact) mass is 281 g/mol. The van der Waals surface area contributed by atoms with Crippen molar-refractivity contribution in [3.05, 3.63) is 29.6 Å². The highest BCUT2D eigenvalue weighted by Crippen LogP contribution is 2.18. The minimum Gasteiger partial charge on any atom is -0.382 e. The number of hydrogen-bond donors (Lipinski definition) is 3. The van der Waals surface area contributed by atoms with Gasteiger partial charge in [-0.2, -0.15) is 0 Å². The van der Waals surface area contributed by atoms with Crippen LogP contribution in [0, 0.1) is 5.82 Å². The van der Waals surface area contributed by atoms with E-state index in [0.29, 0.717) is 18.8 Å². The first-order valence-corrected chi connectivity index (χ1v) is 6.83. The van der Waals surface area contributed by atoms with E-state index in [-0.39, 0.29) is 11.7 Å². The van der Waals surface area contributed by atoms with Crippen LogP contribution in [-0.2, 0) is 4.74 Å². The maximum Gasteiger partial charge on any atom is 0.253 e. The lowest BCUT2D eigenvalue weighted by molar-refractivity contribution is 0.0394. The molecule has 2 rings (SSSR count). The van der Waals surface area contributed by atoms with Crippen LogP contribution in [0.3, 0.4) is 0 Å². The number of nitrogens with two attached hydrogens (primary N) is 1. The quantitative estimate of drug-likeness (QED) is 0.683. The number of carbonyl (C=O) groups is 1. The molecule has 1 aromatic carbocycles. The van der Waals surface area contributed by atoms with Crippen molar-refractivity contribution < 1.29 is 13.9 Å². The third-order valence-electron chi connectivity index (χ3n) is 3.32. The van der Waals surface area contributed by atoms with E-state index in [1.165, 1.54) is 12.1 Å². The van der Waals surface area contributed by atoms with Gasteiger partial charge in [0, 0.05) is 12.2 Å². The molecule has 0 aromatic heterocycles. The first-order valence-electron chi connectivity index (χ1n) is 6.83. The van der Waals surface area contributed by atoms with Crippen molar-refractivity contribution in [1.82, 2.24) is 5.32 Å². The van der Waals surface area contributed by atoms with Crippen molar-refractivity contribution in [3.63, 3.8) is 0 Å². The Morgan fingerprint density at radius 3 is 2.90 bits per heavy atom. The van der Waals surface area contributed by atoms with Crippen molar-refractivity contribution in [2.24, 2.45) is 5.73 Å². The van der Waals surface area contributed by atoms with Crippen LogP contribution in [0.4, 0.5) is 10.1 Å². The lowest BCUT2D eigenvalue weighted by atomic mass is 10.1. The minimum atomic E-state index is -0.773. The van der Waals surface area contributed by atoms with Crippen molar-refractivity contribution in [2.75, 3.05) is 31.6 Å². The van der Waals surface area contributed by atoms with Crippen molar-refractivity contribution in [3.8, 4) is 0 Å². The predicted octanol–water partition coefficient (Wildman–Crippen LogP) is 1.11. The van der Waals surface area contributed by atoms with Gasteiger partial charge in [-0.25, -0.2) is 4.39 Å². The Bertz CT molecular complexity index is 462. The number of halogens is 1. The van der Waals surface area contributed by atoms with Gasteiger partial charge in [-0.1, -0.05) is 6.07 Å². The summed E-state index contributed by atoms with van der Waals surface area (Å²) in [5.41, 5.74) is 5.49. The standard InChI is InChI=1S/C14H20FN3O2/c15-11-2-1-3-12(13(11)14(16)19)18-8-9-20-10-4-6-17-7-5-10/h1-3,10,17-18H,4-9H2,(H2,16,19). The lowest BCUT2D eigenvalue weighted by Gasteiger charge is -2.23.